The fourth-order valence-electron chi connectivity index (χ4n) is 2.83. The molecule has 2 heterocycles. The van der Waals surface area contributed by atoms with Crippen LogP contribution < -0.4 is 14.5 Å². The van der Waals surface area contributed by atoms with E-state index in [0.717, 1.165) is 11.5 Å². The standard InChI is InChI=1S/C19H17ClN4O3S/c1-26-13-6-8-14(9-7-13)27-12-17-21-22-19-24(17)23(10-11-28-19)18(25)15-4-2-3-5-16(15)20/h2-9H,10-12H2,1H3. The molecule has 7 nitrogen and oxygen atoms in total. The topological polar surface area (TPSA) is 69.5 Å². The molecule has 0 saturated heterocycles. The van der Waals surface area contributed by atoms with Crippen LogP contribution in [0.4, 0.5) is 0 Å². The lowest BCUT2D eigenvalue weighted by molar-refractivity contribution is 0.0953. The van der Waals surface area contributed by atoms with Crippen molar-refractivity contribution >= 4 is 29.3 Å². The Balaban J connectivity index is 1.57. The maximum atomic E-state index is 13.1. The average Bonchev–Trinajstić information content (AvgIpc) is 3.16. The van der Waals surface area contributed by atoms with Gasteiger partial charge in [-0.15, -0.1) is 10.2 Å². The molecular formula is C19H17ClN4O3S. The van der Waals surface area contributed by atoms with Gasteiger partial charge in [-0.3, -0.25) is 4.79 Å². The third-order valence-electron chi connectivity index (χ3n) is 4.22. The van der Waals surface area contributed by atoms with Crippen LogP contribution in [0.15, 0.2) is 53.7 Å². The van der Waals surface area contributed by atoms with E-state index >= 15 is 0 Å². The van der Waals surface area contributed by atoms with Crippen molar-refractivity contribution in [3.05, 3.63) is 64.9 Å². The van der Waals surface area contributed by atoms with Crippen molar-refractivity contribution in [1.29, 1.82) is 0 Å². The molecule has 1 amide bonds. The normalized spacial score (nSPS) is 13.1. The summed E-state index contributed by atoms with van der Waals surface area (Å²) >= 11 is 7.76. The number of fused-ring (bicyclic) bond motifs is 1. The number of aromatic nitrogens is 3. The molecule has 4 rings (SSSR count). The van der Waals surface area contributed by atoms with Crippen LogP contribution in [0.2, 0.25) is 5.02 Å². The molecule has 1 aliphatic rings. The Hall–Kier alpha value is -2.71. The molecule has 28 heavy (non-hydrogen) atoms. The summed E-state index contributed by atoms with van der Waals surface area (Å²) in [6.07, 6.45) is 0. The minimum atomic E-state index is -0.197. The number of hydrogen-bond acceptors (Lipinski definition) is 6. The van der Waals surface area contributed by atoms with Crippen molar-refractivity contribution in [2.45, 2.75) is 11.8 Å². The monoisotopic (exact) mass is 416 g/mol. The molecule has 0 N–H and O–H groups in total. The first kappa shape index (κ1) is 18.6. The molecule has 3 aromatic rings. The molecule has 0 atom stereocenters. The first-order valence-electron chi connectivity index (χ1n) is 8.58. The van der Waals surface area contributed by atoms with E-state index in [0.29, 0.717) is 33.9 Å². The summed E-state index contributed by atoms with van der Waals surface area (Å²) in [6, 6.07) is 14.3. The van der Waals surface area contributed by atoms with Crippen LogP contribution in [0.25, 0.3) is 0 Å². The Morgan fingerprint density at radius 1 is 1.14 bits per heavy atom. The zero-order valence-electron chi connectivity index (χ0n) is 15.0. The Morgan fingerprint density at radius 3 is 2.64 bits per heavy atom. The Bertz CT molecular complexity index is 993. The van der Waals surface area contributed by atoms with Gasteiger partial charge in [-0.05, 0) is 36.4 Å². The van der Waals surface area contributed by atoms with Gasteiger partial charge in [0.05, 0.1) is 24.2 Å². The van der Waals surface area contributed by atoms with Crippen LogP contribution in [0.3, 0.4) is 0 Å². The van der Waals surface area contributed by atoms with Gasteiger partial charge in [-0.2, -0.15) is 0 Å². The molecule has 0 fully saturated rings. The zero-order valence-corrected chi connectivity index (χ0v) is 16.6. The molecule has 0 unspecified atom stereocenters. The summed E-state index contributed by atoms with van der Waals surface area (Å²) in [5.74, 6) is 2.50. The van der Waals surface area contributed by atoms with Crippen molar-refractivity contribution in [3.63, 3.8) is 0 Å². The Labute approximate surface area is 171 Å². The van der Waals surface area contributed by atoms with Gasteiger partial charge in [0.1, 0.15) is 18.1 Å². The van der Waals surface area contributed by atoms with Gasteiger partial charge in [0.2, 0.25) is 5.16 Å². The van der Waals surface area contributed by atoms with Gasteiger partial charge in [-0.1, -0.05) is 35.5 Å². The number of rotatable bonds is 5. The number of hydrogen-bond donors (Lipinski definition) is 0. The number of methoxy groups -OCH3 is 1. The smallest absolute Gasteiger partial charge is 0.274 e. The fourth-order valence-corrected chi connectivity index (χ4v) is 3.92. The molecule has 1 aromatic heterocycles. The predicted molar refractivity (Wildman–Crippen MR) is 107 cm³/mol. The summed E-state index contributed by atoms with van der Waals surface area (Å²) in [6.45, 7) is 0.696. The van der Waals surface area contributed by atoms with Gasteiger partial charge >= 0.3 is 0 Å². The second-order valence-electron chi connectivity index (χ2n) is 5.93. The lowest BCUT2D eigenvalue weighted by atomic mass is 10.2. The SMILES string of the molecule is COc1ccc(OCc2nnc3n2N(C(=O)c2ccccc2Cl)CCS3)cc1. The van der Waals surface area contributed by atoms with Crippen LogP contribution in [0, 0.1) is 0 Å². The highest BCUT2D eigenvalue weighted by molar-refractivity contribution is 7.99. The van der Waals surface area contributed by atoms with E-state index in [1.807, 2.05) is 24.3 Å². The second kappa shape index (κ2) is 8.12. The van der Waals surface area contributed by atoms with E-state index in [1.165, 1.54) is 0 Å². The molecule has 0 bridgehead atoms. The highest BCUT2D eigenvalue weighted by Crippen LogP contribution is 2.26. The molecule has 2 aromatic carbocycles. The van der Waals surface area contributed by atoms with Gasteiger partial charge in [0.15, 0.2) is 5.82 Å². The number of thioether (sulfide) groups is 1. The molecular weight excluding hydrogens is 400 g/mol. The minimum absolute atomic E-state index is 0.173. The summed E-state index contributed by atoms with van der Waals surface area (Å²) in [7, 11) is 1.61. The number of halogens is 1. The predicted octanol–water partition coefficient (Wildman–Crippen LogP) is 3.40. The Morgan fingerprint density at radius 2 is 1.89 bits per heavy atom. The third kappa shape index (κ3) is 3.65. The largest absolute Gasteiger partial charge is 0.497 e. The number of carbonyl (C=O) groups excluding carboxylic acids is 1. The van der Waals surface area contributed by atoms with E-state index in [1.54, 1.807) is 52.8 Å². The maximum Gasteiger partial charge on any atom is 0.274 e. The number of amides is 1. The number of ether oxygens (including phenoxy) is 2. The Kier molecular flexibility index (Phi) is 5.40. The van der Waals surface area contributed by atoms with Crippen LogP contribution in [0.1, 0.15) is 16.2 Å². The van der Waals surface area contributed by atoms with Crippen molar-refractivity contribution < 1.29 is 14.3 Å². The van der Waals surface area contributed by atoms with Gasteiger partial charge < -0.3 is 9.47 Å². The molecule has 9 heteroatoms. The van der Waals surface area contributed by atoms with Crippen LogP contribution in [-0.2, 0) is 6.61 Å². The molecule has 144 valence electrons. The van der Waals surface area contributed by atoms with E-state index in [-0.39, 0.29) is 12.5 Å². The van der Waals surface area contributed by atoms with Gasteiger partial charge in [-0.25, -0.2) is 9.69 Å². The minimum Gasteiger partial charge on any atom is -0.497 e. The number of nitrogens with zero attached hydrogens (tertiary/aromatic N) is 4. The molecule has 0 spiro atoms. The highest BCUT2D eigenvalue weighted by Gasteiger charge is 2.29. The van der Waals surface area contributed by atoms with Crippen molar-refractivity contribution in [3.8, 4) is 11.5 Å². The average molecular weight is 417 g/mol. The van der Waals surface area contributed by atoms with Crippen LogP contribution in [-0.4, -0.2) is 40.2 Å². The van der Waals surface area contributed by atoms with E-state index in [4.69, 9.17) is 21.1 Å². The molecule has 1 aliphatic heterocycles. The third-order valence-corrected chi connectivity index (χ3v) is 5.45. The molecule has 0 radical (unpaired) electrons. The van der Waals surface area contributed by atoms with Crippen LogP contribution >= 0.6 is 23.4 Å². The van der Waals surface area contributed by atoms with Gasteiger partial charge in [0.25, 0.3) is 5.91 Å². The van der Waals surface area contributed by atoms with E-state index in [9.17, 15) is 4.79 Å². The van der Waals surface area contributed by atoms with Crippen molar-refractivity contribution in [1.82, 2.24) is 14.9 Å². The maximum absolute atomic E-state index is 13.1. The van der Waals surface area contributed by atoms with E-state index < -0.39 is 0 Å². The fraction of sp³-hybridized carbons (Fsp3) is 0.211. The number of carbonyl (C=O) groups is 1. The highest BCUT2D eigenvalue weighted by atomic mass is 35.5. The first-order chi connectivity index (χ1) is 13.7. The van der Waals surface area contributed by atoms with Crippen molar-refractivity contribution in [2.24, 2.45) is 0 Å². The van der Waals surface area contributed by atoms with E-state index in [2.05, 4.69) is 10.2 Å². The summed E-state index contributed by atoms with van der Waals surface area (Å²) < 4.78 is 12.7. The summed E-state index contributed by atoms with van der Waals surface area (Å²) in [4.78, 5) is 13.1. The van der Waals surface area contributed by atoms with Crippen molar-refractivity contribution in [2.75, 3.05) is 24.4 Å². The zero-order chi connectivity index (χ0) is 19.5. The lowest BCUT2D eigenvalue weighted by Crippen LogP contribution is -2.45. The number of benzene rings is 2. The quantitative estimate of drug-likeness (QED) is 0.635. The molecule has 0 aliphatic carbocycles. The second-order valence-corrected chi connectivity index (χ2v) is 7.40. The summed E-state index contributed by atoms with van der Waals surface area (Å²) in [5, 5.41) is 11.1. The molecule has 0 saturated carbocycles. The lowest BCUT2D eigenvalue weighted by Gasteiger charge is -2.29. The summed E-state index contributed by atoms with van der Waals surface area (Å²) in [5.41, 5.74) is 0.442. The van der Waals surface area contributed by atoms with Crippen LogP contribution in [0.5, 0.6) is 11.5 Å². The first-order valence-corrected chi connectivity index (χ1v) is 9.94. The van der Waals surface area contributed by atoms with Gasteiger partial charge in [0, 0.05) is 5.75 Å².